The molecule has 1 rings (SSSR count). The van der Waals surface area contributed by atoms with Crippen LogP contribution in [0, 0.1) is 0 Å². The number of urea groups is 1. The van der Waals surface area contributed by atoms with Crippen molar-refractivity contribution in [3.8, 4) is 0 Å². The van der Waals surface area contributed by atoms with Crippen molar-refractivity contribution in [2.75, 3.05) is 33.3 Å². The summed E-state index contributed by atoms with van der Waals surface area (Å²) in [6, 6.07) is -0.128. The van der Waals surface area contributed by atoms with Crippen LogP contribution in [0.4, 0.5) is 4.79 Å². The number of likely N-dealkylation sites (tertiary alicyclic amines) is 1. The smallest absolute Gasteiger partial charge is 0.329 e. The van der Waals surface area contributed by atoms with Gasteiger partial charge >= 0.3 is 12.0 Å². The molecule has 110 valence electrons. The summed E-state index contributed by atoms with van der Waals surface area (Å²) in [5.41, 5.74) is -0.570. The van der Waals surface area contributed by atoms with Crippen molar-refractivity contribution >= 4 is 12.0 Å². The number of amides is 2. The highest BCUT2D eigenvalue weighted by Gasteiger charge is 2.43. The van der Waals surface area contributed by atoms with Gasteiger partial charge in [-0.2, -0.15) is 0 Å². The third kappa shape index (κ3) is 4.68. The lowest BCUT2D eigenvalue weighted by atomic mass is 9.97. The van der Waals surface area contributed by atoms with Gasteiger partial charge in [-0.1, -0.05) is 0 Å². The third-order valence-corrected chi connectivity index (χ3v) is 3.07. The van der Waals surface area contributed by atoms with Gasteiger partial charge in [-0.25, -0.2) is 9.59 Å². The first-order valence-corrected chi connectivity index (χ1v) is 6.27. The normalized spacial score (nSPS) is 18.6. The first-order chi connectivity index (χ1) is 8.73. The first kappa shape index (κ1) is 15.7. The number of rotatable bonds is 6. The van der Waals surface area contributed by atoms with Crippen LogP contribution >= 0.6 is 0 Å². The van der Waals surface area contributed by atoms with Crippen molar-refractivity contribution in [3.05, 3.63) is 0 Å². The van der Waals surface area contributed by atoms with Gasteiger partial charge in [-0.05, 0) is 20.3 Å². The number of carbonyl (C=O) groups excluding carboxylic acids is 1. The van der Waals surface area contributed by atoms with E-state index in [0.29, 0.717) is 26.1 Å². The van der Waals surface area contributed by atoms with Gasteiger partial charge in [0.1, 0.15) is 12.2 Å². The molecule has 1 saturated heterocycles. The predicted molar refractivity (Wildman–Crippen MR) is 67.9 cm³/mol. The molecule has 0 spiro atoms. The summed E-state index contributed by atoms with van der Waals surface area (Å²) < 4.78 is 5.23. The second kappa shape index (κ2) is 6.21. The van der Waals surface area contributed by atoms with E-state index in [0.717, 1.165) is 0 Å². The molecule has 1 aliphatic rings. The fraction of sp³-hybridized carbons (Fsp3) is 0.833. The third-order valence-electron chi connectivity index (χ3n) is 3.07. The Labute approximate surface area is 112 Å². The Morgan fingerprint density at radius 1 is 1.47 bits per heavy atom. The molecule has 1 fully saturated rings. The maximum absolute atomic E-state index is 12.0. The summed E-state index contributed by atoms with van der Waals surface area (Å²) in [7, 11) is 1.68. The average molecular weight is 274 g/mol. The summed E-state index contributed by atoms with van der Waals surface area (Å²) in [6.45, 7) is 4.38. The maximum atomic E-state index is 12.0. The topological polar surface area (TPSA) is 90.3 Å². The number of carboxylic acids is 1. The zero-order chi connectivity index (χ0) is 14.6. The van der Waals surface area contributed by atoms with Crippen LogP contribution in [0.15, 0.2) is 0 Å². The van der Waals surface area contributed by atoms with Crippen molar-refractivity contribution in [1.82, 2.24) is 9.80 Å². The van der Waals surface area contributed by atoms with Gasteiger partial charge in [0.15, 0.2) is 0 Å². The molecule has 2 N–H and O–H groups in total. The lowest BCUT2D eigenvalue weighted by Crippen LogP contribution is -2.65. The van der Waals surface area contributed by atoms with Gasteiger partial charge in [0.05, 0.1) is 19.2 Å². The van der Waals surface area contributed by atoms with Crippen LogP contribution in [-0.2, 0) is 9.53 Å². The van der Waals surface area contributed by atoms with Crippen molar-refractivity contribution in [2.45, 2.75) is 32.0 Å². The molecule has 7 heteroatoms. The summed E-state index contributed by atoms with van der Waals surface area (Å²) >= 11 is 0. The molecule has 1 heterocycles. The molecule has 0 aromatic rings. The van der Waals surface area contributed by atoms with E-state index in [1.807, 2.05) is 0 Å². The molecule has 19 heavy (non-hydrogen) atoms. The zero-order valence-electron chi connectivity index (χ0n) is 11.6. The van der Waals surface area contributed by atoms with Crippen molar-refractivity contribution in [1.29, 1.82) is 0 Å². The second-order valence-corrected chi connectivity index (χ2v) is 5.33. The molecular formula is C12H22N2O5. The van der Waals surface area contributed by atoms with Gasteiger partial charge in [-0.3, -0.25) is 0 Å². The molecule has 1 aliphatic heterocycles. The van der Waals surface area contributed by atoms with E-state index in [9.17, 15) is 14.7 Å². The SMILES string of the molecule is CC(O)CCN(C)C(=O)N1CC(C)(OCC(=O)O)C1. The van der Waals surface area contributed by atoms with E-state index >= 15 is 0 Å². The number of aliphatic carboxylic acids is 1. The van der Waals surface area contributed by atoms with Crippen LogP contribution in [0.2, 0.25) is 0 Å². The molecule has 0 aromatic heterocycles. The average Bonchev–Trinajstić information content (AvgIpc) is 2.28. The van der Waals surface area contributed by atoms with Gasteiger partial charge in [0, 0.05) is 13.6 Å². The molecule has 0 saturated carbocycles. The summed E-state index contributed by atoms with van der Waals surface area (Å²) in [6.07, 6.45) is 0.0962. The summed E-state index contributed by atoms with van der Waals surface area (Å²) in [4.78, 5) is 25.5. The van der Waals surface area contributed by atoms with E-state index < -0.39 is 17.7 Å². The van der Waals surface area contributed by atoms with E-state index in [-0.39, 0.29) is 12.6 Å². The number of aliphatic hydroxyl groups excluding tert-OH is 1. The van der Waals surface area contributed by atoms with E-state index in [4.69, 9.17) is 9.84 Å². The summed E-state index contributed by atoms with van der Waals surface area (Å²) in [5.74, 6) is -1.01. The predicted octanol–water partition coefficient (Wildman–Crippen LogP) is -0.0154. The Morgan fingerprint density at radius 3 is 2.53 bits per heavy atom. The quantitative estimate of drug-likeness (QED) is 0.710. The van der Waals surface area contributed by atoms with Gasteiger partial charge < -0.3 is 24.7 Å². The number of nitrogens with zero attached hydrogens (tertiary/aromatic N) is 2. The van der Waals surface area contributed by atoms with Crippen LogP contribution in [0.5, 0.6) is 0 Å². The van der Waals surface area contributed by atoms with Gasteiger partial charge in [0.25, 0.3) is 0 Å². The van der Waals surface area contributed by atoms with Crippen LogP contribution in [0.3, 0.4) is 0 Å². The highest BCUT2D eigenvalue weighted by Crippen LogP contribution is 2.25. The Bertz CT molecular complexity index is 339. The highest BCUT2D eigenvalue weighted by molar-refractivity contribution is 5.75. The molecule has 1 atom stereocenters. The molecule has 0 radical (unpaired) electrons. The molecular weight excluding hydrogens is 252 g/mol. The van der Waals surface area contributed by atoms with E-state index in [1.54, 1.807) is 30.7 Å². The van der Waals surface area contributed by atoms with E-state index in [2.05, 4.69) is 0 Å². The minimum atomic E-state index is -1.01. The summed E-state index contributed by atoms with van der Waals surface area (Å²) in [5, 5.41) is 17.7. The molecule has 0 aliphatic carbocycles. The first-order valence-electron chi connectivity index (χ1n) is 6.27. The molecule has 2 amide bonds. The number of carboxylic acid groups (broad SMARTS) is 1. The standard InChI is InChI=1S/C12H22N2O5/c1-9(15)4-5-13(3)11(18)14-7-12(2,8-14)19-6-10(16)17/h9,15H,4-8H2,1-3H3,(H,16,17). The van der Waals surface area contributed by atoms with Crippen LogP contribution in [-0.4, -0.2) is 77.0 Å². The van der Waals surface area contributed by atoms with Crippen LogP contribution in [0.1, 0.15) is 20.3 Å². The minimum absolute atomic E-state index is 0.128. The van der Waals surface area contributed by atoms with Gasteiger partial charge in [0.2, 0.25) is 0 Å². The fourth-order valence-electron chi connectivity index (χ4n) is 1.94. The van der Waals surface area contributed by atoms with Gasteiger partial charge in [-0.15, -0.1) is 0 Å². The minimum Gasteiger partial charge on any atom is -0.480 e. The van der Waals surface area contributed by atoms with Crippen molar-refractivity contribution in [2.24, 2.45) is 0 Å². The lowest BCUT2D eigenvalue weighted by molar-refractivity contribution is -0.160. The highest BCUT2D eigenvalue weighted by atomic mass is 16.5. The second-order valence-electron chi connectivity index (χ2n) is 5.33. The zero-order valence-corrected chi connectivity index (χ0v) is 11.6. The van der Waals surface area contributed by atoms with E-state index in [1.165, 1.54) is 0 Å². The van der Waals surface area contributed by atoms with Crippen molar-refractivity contribution < 1.29 is 24.5 Å². The number of ether oxygens (including phenoxy) is 1. The van der Waals surface area contributed by atoms with Crippen molar-refractivity contribution in [3.63, 3.8) is 0 Å². The number of aliphatic hydroxyl groups is 1. The Balaban J connectivity index is 2.32. The largest absolute Gasteiger partial charge is 0.480 e. The monoisotopic (exact) mass is 274 g/mol. The van der Waals surface area contributed by atoms with Crippen LogP contribution in [0.25, 0.3) is 0 Å². The molecule has 0 bridgehead atoms. The number of carbonyl (C=O) groups is 2. The molecule has 1 unspecified atom stereocenters. The Morgan fingerprint density at radius 2 is 2.05 bits per heavy atom. The maximum Gasteiger partial charge on any atom is 0.329 e. The number of hydrogen-bond acceptors (Lipinski definition) is 4. The fourth-order valence-corrected chi connectivity index (χ4v) is 1.94. The lowest BCUT2D eigenvalue weighted by Gasteiger charge is -2.48. The Kier molecular flexibility index (Phi) is 5.13. The molecule has 0 aromatic carbocycles. The number of hydrogen-bond donors (Lipinski definition) is 2. The van der Waals surface area contributed by atoms with Crippen LogP contribution < -0.4 is 0 Å². The molecule has 7 nitrogen and oxygen atoms in total. The Hall–Kier alpha value is -1.34.